The van der Waals surface area contributed by atoms with Crippen LogP contribution in [0.15, 0.2) is 12.1 Å². The number of hydrogen-bond acceptors (Lipinski definition) is 5. The summed E-state index contributed by atoms with van der Waals surface area (Å²) in [4.78, 5) is 17.9. The first kappa shape index (κ1) is 15.2. The van der Waals surface area contributed by atoms with E-state index in [1.165, 1.54) is 4.88 Å². The minimum absolute atomic E-state index is 0.126. The Morgan fingerprint density at radius 2 is 2.19 bits per heavy atom. The zero-order chi connectivity index (χ0) is 14.7. The maximum Gasteiger partial charge on any atom is 0.253 e. The zero-order valence-electron chi connectivity index (χ0n) is 11.9. The minimum Gasteiger partial charge on any atom is -0.366 e. The molecule has 0 saturated carbocycles. The summed E-state index contributed by atoms with van der Waals surface area (Å²) in [6, 6.07) is 4.01. The number of nitrogens with zero attached hydrogens (tertiary/aromatic N) is 2. The molecule has 3 heterocycles. The van der Waals surface area contributed by atoms with Crippen molar-refractivity contribution in [2.45, 2.75) is 12.6 Å². The van der Waals surface area contributed by atoms with E-state index < -0.39 is 0 Å². The molecule has 0 spiro atoms. The standard InChI is InChI=1S/C14H20ClN3O2S/c15-13-2-1-11(21-13)10-17-4-6-18(7-5-17)14(19)12-9-16-3-8-20-12/h1-2,12,16H,3-10H2. The van der Waals surface area contributed by atoms with Crippen molar-refractivity contribution in [3.63, 3.8) is 0 Å². The Hall–Kier alpha value is -0.660. The summed E-state index contributed by atoms with van der Waals surface area (Å²) in [7, 11) is 0. The molecule has 2 aliphatic rings. The number of rotatable bonds is 3. The monoisotopic (exact) mass is 329 g/mol. The molecule has 1 atom stereocenters. The van der Waals surface area contributed by atoms with Crippen LogP contribution in [0.3, 0.4) is 0 Å². The summed E-state index contributed by atoms with van der Waals surface area (Å²) in [5.74, 6) is 0.126. The fraction of sp³-hybridized carbons (Fsp3) is 0.643. The average Bonchev–Trinajstić information content (AvgIpc) is 2.93. The van der Waals surface area contributed by atoms with Crippen LogP contribution in [0, 0.1) is 0 Å². The Morgan fingerprint density at radius 1 is 1.38 bits per heavy atom. The second kappa shape index (κ2) is 7.07. The van der Waals surface area contributed by atoms with E-state index in [0.29, 0.717) is 13.2 Å². The number of nitrogens with one attached hydrogen (secondary N) is 1. The molecule has 1 N–H and O–H groups in total. The molecule has 3 rings (SSSR count). The van der Waals surface area contributed by atoms with Gasteiger partial charge in [0.25, 0.3) is 5.91 Å². The van der Waals surface area contributed by atoms with Gasteiger partial charge in [-0.1, -0.05) is 11.6 Å². The first-order valence-corrected chi connectivity index (χ1v) is 8.49. The van der Waals surface area contributed by atoms with E-state index in [9.17, 15) is 4.79 Å². The van der Waals surface area contributed by atoms with Gasteiger partial charge in [-0.25, -0.2) is 0 Å². The smallest absolute Gasteiger partial charge is 0.253 e. The molecule has 0 aliphatic carbocycles. The molecule has 0 aromatic carbocycles. The van der Waals surface area contributed by atoms with Crippen LogP contribution < -0.4 is 5.32 Å². The van der Waals surface area contributed by atoms with Gasteiger partial charge in [0.2, 0.25) is 0 Å². The molecule has 0 radical (unpaired) electrons. The van der Waals surface area contributed by atoms with Crippen molar-refractivity contribution in [2.24, 2.45) is 0 Å². The van der Waals surface area contributed by atoms with Crippen molar-refractivity contribution < 1.29 is 9.53 Å². The van der Waals surface area contributed by atoms with E-state index >= 15 is 0 Å². The van der Waals surface area contributed by atoms with Crippen LogP contribution in [0.1, 0.15) is 4.88 Å². The highest BCUT2D eigenvalue weighted by Crippen LogP contribution is 2.23. The summed E-state index contributed by atoms with van der Waals surface area (Å²) in [5.41, 5.74) is 0. The van der Waals surface area contributed by atoms with Gasteiger partial charge < -0.3 is 15.0 Å². The third kappa shape index (κ3) is 3.96. The number of thiophene rings is 1. The molecule has 1 aromatic rings. The summed E-state index contributed by atoms with van der Waals surface area (Å²) in [5, 5.41) is 3.20. The zero-order valence-corrected chi connectivity index (χ0v) is 13.5. The molecular formula is C14H20ClN3O2S. The number of hydrogen-bond donors (Lipinski definition) is 1. The van der Waals surface area contributed by atoms with Crippen molar-refractivity contribution in [1.29, 1.82) is 0 Å². The molecule has 7 heteroatoms. The molecular weight excluding hydrogens is 310 g/mol. The van der Waals surface area contributed by atoms with Crippen molar-refractivity contribution in [3.8, 4) is 0 Å². The fourth-order valence-electron chi connectivity index (χ4n) is 2.71. The van der Waals surface area contributed by atoms with Gasteiger partial charge in [-0.2, -0.15) is 0 Å². The lowest BCUT2D eigenvalue weighted by molar-refractivity contribution is -0.147. The topological polar surface area (TPSA) is 44.8 Å². The maximum absolute atomic E-state index is 12.3. The van der Waals surface area contributed by atoms with Crippen LogP contribution in [-0.2, 0) is 16.1 Å². The fourth-order valence-corrected chi connectivity index (χ4v) is 3.84. The van der Waals surface area contributed by atoms with Crippen LogP contribution in [0.4, 0.5) is 0 Å². The van der Waals surface area contributed by atoms with Crippen molar-refractivity contribution >= 4 is 28.8 Å². The van der Waals surface area contributed by atoms with Gasteiger partial charge in [0, 0.05) is 50.7 Å². The number of carbonyl (C=O) groups is 1. The summed E-state index contributed by atoms with van der Waals surface area (Å²) < 4.78 is 6.37. The number of ether oxygens (including phenoxy) is 1. The minimum atomic E-state index is -0.304. The highest BCUT2D eigenvalue weighted by molar-refractivity contribution is 7.16. The maximum atomic E-state index is 12.3. The Balaban J connectivity index is 1.47. The van der Waals surface area contributed by atoms with E-state index in [1.807, 2.05) is 11.0 Å². The molecule has 2 fully saturated rings. The molecule has 2 aliphatic heterocycles. The van der Waals surface area contributed by atoms with Crippen molar-refractivity contribution in [3.05, 3.63) is 21.3 Å². The number of morpholine rings is 1. The largest absolute Gasteiger partial charge is 0.366 e. The van der Waals surface area contributed by atoms with E-state index in [0.717, 1.165) is 43.6 Å². The van der Waals surface area contributed by atoms with Gasteiger partial charge in [-0.3, -0.25) is 9.69 Å². The third-order valence-corrected chi connectivity index (χ3v) is 5.11. The van der Waals surface area contributed by atoms with E-state index in [1.54, 1.807) is 11.3 Å². The highest BCUT2D eigenvalue weighted by Gasteiger charge is 2.29. The average molecular weight is 330 g/mol. The van der Waals surface area contributed by atoms with E-state index in [4.69, 9.17) is 16.3 Å². The third-order valence-electron chi connectivity index (χ3n) is 3.90. The molecule has 1 unspecified atom stereocenters. The molecule has 5 nitrogen and oxygen atoms in total. The molecule has 116 valence electrons. The normalized spacial score (nSPS) is 24.2. The van der Waals surface area contributed by atoms with Gasteiger partial charge in [0.15, 0.2) is 0 Å². The summed E-state index contributed by atoms with van der Waals surface area (Å²) >= 11 is 7.58. The summed E-state index contributed by atoms with van der Waals surface area (Å²) in [6.07, 6.45) is -0.304. The molecule has 1 aromatic heterocycles. The van der Waals surface area contributed by atoms with Crippen LogP contribution >= 0.6 is 22.9 Å². The first-order valence-electron chi connectivity index (χ1n) is 7.30. The summed E-state index contributed by atoms with van der Waals surface area (Å²) in [6.45, 7) is 6.36. The SMILES string of the molecule is O=C(C1CNCCO1)N1CCN(Cc2ccc(Cl)s2)CC1. The Morgan fingerprint density at radius 3 is 2.81 bits per heavy atom. The number of piperazine rings is 1. The van der Waals surface area contributed by atoms with Crippen molar-refractivity contribution in [2.75, 3.05) is 45.9 Å². The lowest BCUT2D eigenvalue weighted by Crippen LogP contribution is -2.54. The number of halogens is 1. The predicted octanol–water partition coefficient (Wildman–Crippen LogP) is 1.03. The Bertz CT molecular complexity index is 482. The van der Waals surface area contributed by atoms with Gasteiger partial charge in [-0.15, -0.1) is 11.3 Å². The molecule has 0 bridgehead atoms. The molecule has 21 heavy (non-hydrogen) atoms. The Labute approximate surface area is 133 Å². The highest BCUT2D eigenvalue weighted by atomic mass is 35.5. The van der Waals surface area contributed by atoms with Crippen molar-refractivity contribution in [1.82, 2.24) is 15.1 Å². The second-order valence-electron chi connectivity index (χ2n) is 5.37. The van der Waals surface area contributed by atoms with Crippen LogP contribution in [0.25, 0.3) is 0 Å². The van der Waals surface area contributed by atoms with Gasteiger partial charge in [-0.05, 0) is 12.1 Å². The quantitative estimate of drug-likeness (QED) is 0.900. The lowest BCUT2D eigenvalue weighted by Gasteiger charge is -2.36. The van der Waals surface area contributed by atoms with Gasteiger partial charge >= 0.3 is 0 Å². The van der Waals surface area contributed by atoms with Gasteiger partial charge in [0.05, 0.1) is 10.9 Å². The van der Waals surface area contributed by atoms with Crippen LogP contribution in [-0.4, -0.2) is 67.7 Å². The number of amides is 1. The van der Waals surface area contributed by atoms with Crippen LogP contribution in [0.2, 0.25) is 4.34 Å². The molecule has 2 saturated heterocycles. The molecule has 1 amide bonds. The lowest BCUT2D eigenvalue weighted by atomic mass is 10.2. The second-order valence-corrected chi connectivity index (χ2v) is 7.17. The first-order chi connectivity index (χ1) is 10.2. The number of carbonyl (C=O) groups excluding carboxylic acids is 1. The van der Waals surface area contributed by atoms with Gasteiger partial charge in [0.1, 0.15) is 6.10 Å². The predicted molar refractivity (Wildman–Crippen MR) is 83.8 cm³/mol. The van der Waals surface area contributed by atoms with E-state index in [2.05, 4.69) is 16.3 Å². The van der Waals surface area contributed by atoms with Crippen LogP contribution in [0.5, 0.6) is 0 Å². The van der Waals surface area contributed by atoms with E-state index in [-0.39, 0.29) is 12.0 Å². The Kier molecular flexibility index (Phi) is 5.13.